The molecule has 0 amide bonds. The van der Waals surface area contributed by atoms with Crippen LogP contribution < -0.4 is 14.2 Å². The predicted octanol–water partition coefficient (Wildman–Crippen LogP) is 3.77. The fraction of sp³-hybridized carbons (Fsp3) is 0.214. The zero-order valence-electron chi connectivity index (χ0n) is 11.2. The van der Waals surface area contributed by atoms with Gasteiger partial charge in [-0.25, -0.2) is 0 Å². The first-order chi connectivity index (χ1) is 9.62. The number of carbonyl (C=O) groups excluding carboxylic acids is 1. The van der Waals surface area contributed by atoms with E-state index in [-0.39, 0.29) is 5.78 Å². The Labute approximate surface area is 129 Å². The van der Waals surface area contributed by atoms with E-state index in [0.717, 1.165) is 0 Å². The van der Waals surface area contributed by atoms with Crippen LogP contribution in [0.2, 0.25) is 0 Å². The lowest BCUT2D eigenvalue weighted by molar-refractivity contribution is 0.103. The van der Waals surface area contributed by atoms with Crippen molar-refractivity contribution >= 4 is 33.0 Å². The molecule has 6 heteroatoms. The molecule has 0 unspecified atom stereocenters. The van der Waals surface area contributed by atoms with E-state index in [1.165, 1.54) is 18.4 Å². The van der Waals surface area contributed by atoms with Gasteiger partial charge in [-0.1, -0.05) is 0 Å². The van der Waals surface area contributed by atoms with E-state index in [0.29, 0.717) is 32.2 Å². The van der Waals surface area contributed by atoms with Crippen molar-refractivity contribution in [3.8, 4) is 17.2 Å². The van der Waals surface area contributed by atoms with Gasteiger partial charge in [0.25, 0.3) is 0 Å². The average Bonchev–Trinajstić information content (AvgIpc) is 2.94. The van der Waals surface area contributed by atoms with Crippen molar-refractivity contribution in [2.75, 3.05) is 21.3 Å². The van der Waals surface area contributed by atoms with Crippen LogP contribution in [0.25, 0.3) is 0 Å². The van der Waals surface area contributed by atoms with Gasteiger partial charge in [0.1, 0.15) is 10.6 Å². The maximum Gasteiger partial charge on any atom is 0.208 e. The molecular formula is C14H13BrO4S. The highest BCUT2D eigenvalue weighted by atomic mass is 79.9. The molecule has 1 heterocycles. The van der Waals surface area contributed by atoms with Crippen LogP contribution in [0.4, 0.5) is 0 Å². The van der Waals surface area contributed by atoms with E-state index < -0.39 is 0 Å². The fourth-order valence-corrected chi connectivity index (χ4v) is 3.09. The molecule has 0 aliphatic rings. The normalized spacial score (nSPS) is 10.2. The predicted molar refractivity (Wildman–Crippen MR) is 81.5 cm³/mol. The van der Waals surface area contributed by atoms with Crippen molar-refractivity contribution in [3.63, 3.8) is 0 Å². The largest absolute Gasteiger partial charge is 0.495 e. The maximum atomic E-state index is 12.6. The monoisotopic (exact) mass is 356 g/mol. The topological polar surface area (TPSA) is 44.8 Å². The van der Waals surface area contributed by atoms with Crippen LogP contribution in [-0.2, 0) is 0 Å². The SMILES string of the molecule is COc1cc(Br)c(C(=O)c2sccc2OC)cc1OC. The summed E-state index contributed by atoms with van der Waals surface area (Å²) in [6.07, 6.45) is 0. The molecule has 2 aromatic rings. The van der Waals surface area contributed by atoms with Crippen LogP contribution in [0.1, 0.15) is 15.2 Å². The van der Waals surface area contributed by atoms with Crippen LogP contribution in [-0.4, -0.2) is 27.1 Å². The molecule has 0 spiro atoms. The van der Waals surface area contributed by atoms with Crippen LogP contribution in [0.15, 0.2) is 28.1 Å². The average molecular weight is 357 g/mol. The van der Waals surface area contributed by atoms with Gasteiger partial charge in [0, 0.05) is 10.0 Å². The van der Waals surface area contributed by atoms with Crippen LogP contribution in [0, 0.1) is 0 Å². The summed E-state index contributed by atoms with van der Waals surface area (Å²) >= 11 is 4.73. The number of ketones is 1. The van der Waals surface area contributed by atoms with Crippen molar-refractivity contribution in [1.82, 2.24) is 0 Å². The van der Waals surface area contributed by atoms with Gasteiger partial charge in [-0.15, -0.1) is 11.3 Å². The first-order valence-electron chi connectivity index (χ1n) is 5.70. The van der Waals surface area contributed by atoms with Crippen LogP contribution >= 0.6 is 27.3 Å². The van der Waals surface area contributed by atoms with Gasteiger partial charge in [-0.3, -0.25) is 4.79 Å². The first-order valence-corrected chi connectivity index (χ1v) is 7.37. The van der Waals surface area contributed by atoms with Gasteiger partial charge in [0.2, 0.25) is 5.78 Å². The molecule has 0 atom stereocenters. The van der Waals surface area contributed by atoms with Crippen LogP contribution in [0.3, 0.4) is 0 Å². The summed E-state index contributed by atoms with van der Waals surface area (Å²) in [6, 6.07) is 5.14. The molecule has 0 saturated heterocycles. The number of halogens is 1. The molecule has 106 valence electrons. The number of hydrogen-bond donors (Lipinski definition) is 0. The van der Waals surface area contributed by atoms with Gasteiger partial charge in [-0.2, -0.15) is 0 Å². The van der Waals surface area contributed by atoms with Crippen molar-refractivity contribution in [2.24, 2.45) is 0 Å². The van der Waals surface area contributed by atoms with Gasteiger partial charge in [-0.05, 0) is 39.5 Å². The van der Waals surface area contributed by atoms with Crippen molar-refractivity contribution in [2.45, 2.75) is 0 Å². The fourth-order valence-electron chi connectivity index (χ4n) is 1.77. The second-order valence-electron chi connectivity index (χ2n) is 3.83. The highest BCUT2D eigenvalue weighted by Gasteiger charge is 2.21. The van der Waals surface area contributed by atoms with E-state index >= 15 is 0 Å². The summed E-state index contributed by atoms with van der Waals surface area (Å²) in [6.45, 7) is 0. The molecule has 0 aliphatic carbocycles. The molecule has 1 aromatic carbocycles. The summed E-state index contributed by atoms with van der Waals surface area (Å²) in [5.41, 5.74) is 0.503. The Morgan fingerprint density at radius 1 is 1.05 bits per heavy atom. The molecule has 2 rings (SSSR count). The summed E-state index contributed by atoms with van der Waals surface area (Å²) in [4.78, 5) is 13.1. The molecule has 20 heavy (non-hydrogen) atoms. The number of thiophene rings is 1. The van der Waals surface area contributed by atoms with E-state index in [9.17, 15) is 4.79 Å². The number of rotatable bonds is 5. The van der Waals surface area contributed by atoms with Gasteiger partial charge in [0.05, 0.1) is 21.3 Å². The molecule has 0 radical (unpaired) electrons. The van der Waals surface area contributed by atoms with E-state index in [1.54, 1.807) is 32.4 Å². The number of carbonyl (C=O) groups is 1. The lowest BCUT2D eigenvalue weighted by atomic mass is 10.1. The highest BCUT2D eigenvalue weighted by Crippen LogP contribution is 2.36. The third kappa shape index (κ3) is 2.66. The number of benzene rings is 1. The Bertz CT molecular complexity index is 636. The molecule has 0 bridgehead atoms. The lowest BCUT2D eigenvalue weighted by Crippen LogP contribution is -2.03. The summed E-state index contributed by atoms with van der Waals surface area (Å²) < 4.78 is 16.3. The minimum absolute atomic E-state index is 0.121. The molecule has 0 aliphatic heterocycles. The van der Waals surface area contributed by atoms with Crippen molar-refractivity contribution in [3.05, 3.63) is 38.5 Å². The second kappa shape index (κ2) is 6.28. The van der Waals surface area contributed by atoms with Gasteiger partial charge >= 0.3 is 0 Å². The third-order valence-electron chi connectivity index (χ3n) is 2.77. The summed E-state index contributed by atoms with van der Waals surface area (Å²) in [5.74, 6) is 1.52. The highest BCUT2D eigenvalue weighted by molar-refractivity contribution is 9.10. The first kappa shape index (κ1) is 14.9. The zero-order chi connectivity index (χ0) is 14.7. The Hall–Kier alpha value is -1.53. The van der Waals surface area contributed by atoms with Gasteiger partial charge in [0.15, 0.2) is 11.5 Å². The molecule has 4 nitrogen and oxygen atoms in total. The number of methoxy groups -OCH3 is 3. The standard InChI is InChI=1S/C14H13BrO4S/c1-17-10-4-5-20-14(10)13(16)8-6-11(18-2)12(19-3)7-9(8)15/h4-7H,1-3H3. The zero-order valence-corrected chi connectivity index (χ0v) is 13.6. The van der Waals surface area contributed by atoms with E-state index in [1.807, 2.05) is 5.38 Å². The number of ether oxygens (including phenoxy) is 3. The molecule has 0 saturated carbocycles. The maximum absolute atomic E-state index is 12.6. The van der Waals surface area contributed by atoms with Crippen molar-refractivity contribution in [1.29, 1.82) is 0 Å². The summed E-state index contributed by atoms with van der Waals surface area (Å²) in [7, 11) is 4.63. The summed E-state index contributed by atoms with van der Waals surface area (Å²) in [5, 5.41) is 1.82. The molecule has 1 aromatic heterocycles. The Balaban J connectivity index is 2.50. The lowest BCUT2D eigenvalue weighted by Gasteiger charge is -2.11. The quantitative estimate of drug-likeness (QED) is 0.765. The third-order valence-corrected chi connectivity index (χ3v) is 4.32. The smallest absolute Gasteiger partial charge is 0.208 e. The molecular weight excluding hydrogens is 344 g/mol. The van der Waals surface area contributed by atoms with E-state index in [2.05, 4.69) is 15.9 Å². The van der Waals surface area contributed by atoms with Crippen molar-refractivity contribution < 1.29 is 19.0 Å². The van der Waals surface area contributed by atoms with Crippen LogP contribution in [0.5, 0.6) is 17.2 Å². The second-order valence-corrected chi connectivity index (χ2v) is 5.60. The minimum atomic E-state index is -0.121. The Morgan fingerprint density at radius 2 is 1.65 bits per heavy atom. The Morgan fingerprint density at radius 3 is 2.25 bits per heavy atom. The van der Waals surface area contributed by atoms with E-state index in [4.69, 9.17) is 14.2 Å². The number of hydrogen-bond acceptors (Lipinski definition) is 5. The molecule has 0 fully saturated rings. The Kier molecular flexibility index (Phi) is 4.67. The van der Waals surface area contributed by atoms with Gasteiger partial charge < -0.3 is 14.2 Å². The minimum Gasteiger partial charge on any atom is -0.495 e. The molecule has 0 N–H and O–H groups in total.